The largest absolute Gasteiger partial charge is 0.378 e. The molecule has 1 aliphatic heterocycles. The molecule has 1 heterocycles. The summed E-state index contributed by atoms with van der Waals surface area (Å²) in [6.07, 6.45) is 0.412. The number of ether oxygens (including phenoxy) is 1. The molecule has 1 atom stereocenters. The van der Waals surface area contributed by atoms with Gasteiger partial charge in [0.1, 0.15) is 0 Å². The molecule has 3 amide bonds. The van der Waals surface area contributed by atoms with Crippen LogP contribution in [0.2, 0.25) is 0 Å². The Kier molecular flexibility index (Phi) is 7.02. The molecule has 0 spiro atoms. The number of hydrogen-bond acceptors (Lipinski definition) is 4. The minimum absolute atomic E-state index is 0.00323. The Balaban J connectivity index is 1.72. The van der Waals surface area contributed by atoms with E-state index in [0.717, 1.165) is 12.1 Å². The predicted octanol–water partition coefficient (Wildman–Crippen LogP) is 1.21. The highest BCUT2D eigenvalue weighted by Gasteiger charge is 2.16. The number of hydrogen-bond donors (Lipinski definition) is 4. The fourth-order valence-corrected chi connectivity index (χ4v) is 2.38. The second kappa shape index (κ2) is 9.24. The van der Waals surface area contributed by atoms with E-state index < -0.39 is 0 Å². The predicted molar refractivity (Wildman–Crippen MR) is 92.8 cm³/mol. The number of nitrogens with one attached hydrogen (secondary N) is 4. The zero-order valence-electron chi connectivity index (χ0n) is 14.2. The van der Waals surface area contributed by atoms with Gasteiger partial charge < -0.3 is 26.0 Å². The van der Waals surface area contributed by atoms with Gasteiger partial charge in [0, 0.05) is 37.3 Å². The van der Waals surface area contributed by atoms with E-state index in [1.807, 2.05) is 38.1 Å². The van der Waals surface area contributed by atoms with Gasteiger partial charge in [0.05, 0.1) is 13.2 Å². The summed E-state index contributed by atoms with van der Waals surface area (Å²) < 4.78 is 5.33. The molecule has 0 radical (unpaired) electrons. The molecule has 1 fully saturated rings. The van der Waals surface area contributed by atoms with Gasteiger partial charge in [-0.3, -0.25) is 4.79 Å². The highest BCUT2D eigenvalue weighted by molar-refractivity contribution is 5.89. The fourth-order valence-electron chi connectivity index (χ4n) is 2.38. The van der Waals surface area contributed by atoms with Crippen molar-refractivity contribution >= 4 is 17.6 Å². The lowest BCUT2D eigenvalue weighted by atomic mass is 10.1. The summed E-state index contributed by atoms with van der Waals surface area (Å²) >= 11 is 0. The first kappa shape index (κ1) is 18.2. The highest BCUT2D eigenvalue weighted by atomic mass is 16.5. The van der Waals surface area contributed by atoms with E-state index in [4.69, 9.17) is 4.74 Å². The van der Waals surface area contributed by atoms with Crippen LogP contribution in [0.3, 0.4) is 0 Å². The van der Waals surface area contributed by atoms with Crippen LogP contribution in [0.25, 0.3) is 0 Å². The Hall–Kier alpha value is -2.12. The quantitative estimate of drug-likeness (QED) is 0.629. The van der Waals surface area contributed by atoms with E-state index in [2.05, 4.69) is 21.3 Å². The Morgan fingerprint density at radius 2 is 2.04 bits per heavy atom. The molecular weight excluding hydrogens is 308 g/mol. The molecule has 1 aliphatic rings. The monoisotopic (exact) mass is 334 g/mol. The van der Waals surface area contributed by atoms with Crippen LogP contribution in [0.15, 0.2) is 24.3 Å². The lowest BCUT2D eigenvalue weighted by molar-refractivity contribution is -0.122. The van der Waals surface area contributed by atoms with Crippen LogP contribution in [0, 0.1) is 0 Å². The number of morpholine rings is 1. The molecule has 2 rings (SSSR count). The second-order valence-electron chi connectivity index (χ2n) is 6.16. The van der Waals surface area contributed by atoms with Crippen LogP contribution in [-0.2, 0) is 16.1 Å². The summed E-state index contributed by atoms with van der Waals surface area (Å²) in [4.78, 5) is 23.5. The van der Waals surface area contributed by atoms with Crippen molar-refractivity contribution in [3.05, 3.63) is 29.8 Å². The van der Waals surface area contributed by atoms with Crippen LogP contribution >= 0.6 is 0 Å². The van der Waals surface area contributed by atoms with Crippen molar-refractivity contribution in [3.8, 4) is 0 Å². The highest BCUT2D eigenvalue weighted by Crippen LogP contribution is 2.09. The molecule has 0 saturated carbocycles. The summed E-state index contributed by atoms with van der Waals surface area (Å²) in [6, 6.07) is 7.35. The third-order valence-electron chi connectivity index (χ3n) is 3.55. The van der Waals surface area contributed by atoms with Crippen molar-refractivity contribution in [2.75, 3.05) is 25.1 Å². The van der Waals surface area contributed by atoms with E-state index >= 15 is 0 Å². The summed E-state index contributed by atoms with van der Waals surface area (Å²) in [5.41, 5.74) is 1.69. The van der Waals surface area contributed by atoms with E-state index in [-0.39, 0.29) is 24.0 Å². The number of urea groups is 1. The molecule has 132 valence electrons. The third-order valence-corrected chi connectivity index (χ3v) is 3.55. The molecule has 1 aromatic carbocycles. The van der Waals surface area contributed by atoms with E-state index in [9.17, 15) is 9.59 Å². The normalized spacial score (nSPS) is 17.4. The fraction of sp³-hybridized carbons (Fsp3) is 0.529. The first-order valence-corrected chi connectivity index (χ1v) is 8.27. The SMILES string of the molecule is CC(C)NC(=O)Nc1ccc(CNC(=O)CC2COCCN2)cc1. The molecular formula is C17H26N4O3. The topological polar surface area (TPSA) is 91.5 Å². The molecule has 0 aliphatic carbocycles. The zero-order valence-corrected chi connectivity index (χ0v) is 14.2. The van der Waals surface area contributed by atoms with Gasteiger partial charge in [0.25, 0.3) is 0 Å². The number of carbonyl (C=O) groups excluding carboxylic acids is 2. The van der Waals surface area contributed by atoms with Crippen molar-refractivity contribution in [2.45, 2.75) is 38.9 Å². The van der Waals surface area contributed by atoms with Gasteiger partial charge in [-0.05, 0) is 31.5 Å². The summed E-state index contributed by atoms with van der Waals surface area (Å²) in [5.74, 6) is -0.00323. The Morgan fingerprint density at radius 3 is 2.67 bits per heavy atom. The molecule has 24 heavy (non-hydrogen) atoms. The maximum atomic E-state index is 11.9. The molecule has 1 saturated heterocycles. The van der Waals surface area contributed by atoms with Crippen LogP contribution in [0.1, 0.15) is 25.8 Å². The average molecular weight is 334 g/mol. The van der Waals surface area contributed by atoms with E-state index in [0.29, 0.717) is 31.9 Å². The first-order chi connectivity index (χ1) is 11.5. The van der Waals surface area contributed by atoms with Gasteiger partial charge in [0.2, 0.25) is 5.91 Å². The molecule has 7 nitrogen and oxygen atoms in total. The Labute approximate surface area is 142 Å². The lowest BCUT2D eigenvalue weighted by Crippen LogP contribution is -2.44. The van der Waals surface area contributed by atoms with Gasteiger partial charge in [0.15, 0.2) is 0 Å². The van der Waals surface area contributed by atoms with Gasteiger partial charge in [-0.1, -0.05) is 12.1 Å². The van der Waals surface area contributed by atoms with Crippen molar-refractivity contribution in [1.29, 1.82) is 0 Å². The number of amides is 3. The molecule has 0 aromatic heterocycles. The van der Waals surface area contributed by atoms with Gasteiger partial charge in [-0.25, -0.2) is 4.79 Å². The lowest BCUT2D eigenvalue weighted by Gasteiger charge is -2.23. The summed E-state index contributed by atoms with van der Waals surface area (Å²) in [6.45, 7) is 6.34. The van der Waals surface area contributed by atoms with E-state index in [1.54, 1.807) is 0 Å². The molecule has 7 heteroatoms. The van der Waals surface area contributed by atoms with Crippen LogP contribution in [-0.4, -0.2) is 43.8 Å². The maximum Gasteiger partial charge on any atom is 0.319 e. The average Bonchev–Trinajstić information content (AvgIpc) is 2.54. The van der Waals surface area contributed by atoms with Crippen LogP contribution < -0.4 is 21.3 Å². The van der Waals surface area contributed by atoms with Crippen molar-refractivity contribution < 1.29 is 14.3 Å². The number of carbonyl (C=O) groups is 2. The van der Waals surface area contributed by atoms with Crippen molar-refractivity contribution in [2.24, 2.45) is 0 Å². The molecule has 1 aromatic rings. The number of anilines is 1. The van der Waals surface area contributed by atoms with Gasteiger partial charge in [-0.15, -0.1) is 0 Å². The first-order valence-electron chi connectivity index (χ1n) is 8.27. The Bertz CT molecular complexity index is 539. The Morgan fingerprint density at radius 1 is 1.29 bits per heavy atom. The van der Waals surface area contributed by atoms with Crippen LogP contribution in [0.4, 0.5) is 10.5 Å². The summed E-state index contributed by atoms with van der Waals surface area (Å²) in [5, 5.41) is 11.7. The molecule has 4 N–H and O–H groups in total. The van der Waals surface area contributed by atoms with Gasteiger partial charge >= 0.3 is 6.03 Å². The summed E-state index contributed by atoms with van der Waals surface area (Å²) in [7, 11) is 0. The van der Waals surface area contributed by atoms with Crippen LogP contribution in [0.5, 0.6) is 0 Å². The second-order valence-corrected chi connectivity index (χ2v) is 6.16. The third kappa shape index (κ3) is 6.55. The maximum absolute atomic E-state index is 11.9. The standard InChI is InChI=1S/C17H26N4O3/c1-12(2)20-17(23)21-14-5-3-13(4-6-14)10-19-16(22)9-15-11-24-8-7-18-15/h3-6,12,15,18H,7-11H2,1-2H3,(H,19,22)(H2,20,21,23). The van der Waals surface area contributed by atoms with E-state index in [1.165, 1.54) is 0 Å². The minimum Gasteiger partial charge on any atom is -0.378 e. The number of benzene rings is 1. The van der Waals surface area contributed by atoms with Gasteiger partial charge in [-0.2, -0.15) is 0 Å². The van der Waals surface area contributed by atoms with Crippen molar-refractivity contribution in [3.63, 3.8) is 0 Å². The molecule has 1 unspecified atom stereocenters. The minimum atomic E-state index is -0.228. The number of rotatable bonds is 6. The van der Waals surface area contributed by atoms with Crippen molar-refractivity contribution in [1.82, 2.24) is 16.0 Å². The smallest absolute Gasteiger partial charge is 0.319 e. The zero-order chi connectivity index (χ0) is 17.4. The molecule has 0 bridgehead atoms.